The molecule has 1 atom stereocenters. The van der Waals surface area contributed by atoms with Crippen LogP contribution in [0.1, 0.15) is 44.0 Å². The van der Waals surface area contributed by atoms with Gasteiger partial charge in [-0.05, 0) is 38.4 Å². The van der Waals surface area contributed by atoms with Gasteiger partial charge in [0.15, 0.2) is 5.78 Å². The maximum atomic E-state index is 12.2. The van der Waals surface area contributed by atoms with Crippen LogP contribution in [-0.4, -0.2) is 30.3 Å². The maximum Gasteiger partial charge on any atom is 0.165 e. The Kier molecular flexibility index (Phi) is 7.01. The fraction of sp³-hybridized carbons (Fsp3) is 0.562. The first-order valence-electron chi connectivity index (χ1n) is 7.00. The molecule has 1 aromatic carbocycles. The molecule has 0 aliphatic carbocycles. The van der Waals surface area contributed by atoms with E-state index in [1.165, 1.54) is 0 Å². The molecule has 0 spiro atoms. The molecule has 112 valence electrons. The van der Waals surface area contributed by atoms with Crippen molar-refractivity contribution in [2.24, 2.45) is 5.92 Å². The highest BCUT2D eigenvalue weighted by molar-refractivity contribution is 6.43. The number of hydrogen-bond donors (Lipinski definition) is 0. The van der Waals surface area contributed by atoms with E-state index in [1.54, 1.807) is 18.2 Å². The molecule has 4 heteroatoms. The number of nitrogens with zero attached hydrogens (tertiary/aromatic N) is 1. The minimum Gasteiger partial charge on any atom is -0.303 e. The molecule has 1 rings (SSSR count). The van der Waals surface area contributed by atoms with Crippen LogP contribution in [0.4, 0.5) is 0 Å². The first-order valence-corrected chi connectivity index (χ1v) is 7.76. The van der Waals surface area contributed by atoms with Crippen LogP contribution in [0.5, 0.6) is 0 Å². The van der Waals surface area contributed by atoms with Crippen LogP contribution >= 0.6 is 23.2 Å². The molecule has 0 aliphatic rings. The van der Waals surface area contributed by atoms with E-state index < -0.39 is 0 Å². The van der Waals surface area contributed by atoms with E-state index in [2.05, 4.69) is 32.7 Å². The summed E-state index contributed by atoms with van der Waals surface area (Å²) in [6.45, 7) is 7.34. The predicted molar refractivity (Wildman–Crippen MR) is 87.0 cm³/mol. The average molecular weight is 316 g/mol. The van der Waals surface area contributed by atoms with Crippen LogP contribution in [0, 0.1) is 5.92 Å². The topological polar surface area (TPSA) is 20.3 Å². The minimum atomic E-state index is 0.0427. The molecule has 0 saturated heterocycles. The Labute approximate surface area is 132 Å². The summed E-state index contributed by atoms with van der Waals surface area (Å²) in [4.78, 5) is 14.4. The molecule has 0 N–H and O–H groups in total. The van der Waals surface area contributed by atoms with E-state index in [9.17, 15) is 4.79 Å². The molecule has 2 nitrogen and oxygen atoms in total. The number of halogens is 2. The summed E-state index contributed by atoms with van der Waals surface area (Å²) in [6.07, 6.45) is 1.58. The molecule has 0 saturated carbocycles. The van der Waals surface area contributed by atoms with Gasteiger partial charge in [0.25, 0.3) is 0 Å². The van der Waals surface area contributed by atoms with Gasteiger partial charge >= 0.3 is 0 Å². The van der Waals surface area contributed by atoms with Crippen molar-refractivity contribution >= 4 is 29.0 Å². The fourth-order valence-corrected chi connectivity index (χ4v) is 2.62. The lowest BCUT2D eigenvalue weighted by Gasteiger charge is -2.25. The van der Waals surface area contributed by atoms with E-state index in [0.29, 0.717) is 34.0 Å². The monoisotopic (exact) mass is 315 g/mol. The van der Waals surface area contributed by atoms with Gasteiger partial charge in [0.2, 0.25) is 0 Å². The maximum absolute atomic E-state index is 12.2. The highest BCUT2D eigenvalue weighted by Gasteiger charge is 2.16. The molecule has 0 amide bonds. The Morgan fingerprint density at radius 1 is 1.25 bits per heavy atom. The van der Waals surface area contributed by atoms with Crippen LogP contribution in [0.3, 0.4) is 0 Å². The molecule has 1 aromatic rings. The van der Waals surface area contributed by atoms with Crippen molar-refractivity contribution < 1.29 is 4.79 Å². The summed E-state index contributed by atoms with van der Waals surface area (Å²) in [5.41, 5.74) is 0.518. The van der Waals surface area contributed by atoms with Gasteiger partial charge in [-0.15, -0.1) is 0 Å². The zero-order chi connectivity index (χ0) is 15.3. The second kappa shape index (κ2) is 8.02. The molecular weight excluding hydrogens is 293 g/mol. The molecule has 20 heavy (non-hydrogen) atoms. The molecule has 0 bridgehead atoms. The second-order valence-corrected chi connectivity index (χ2v) is 6.52. The first-order chi connectivity index (χ1) is 9.32. The summed E-state index contributed by atoms with van der Waals surface area (Å²) in [7, 11) is 2.06. The predicted octanol–water partition coefficient (Wildman–Crippen LogP) is 4.93. The normalized spacial score (nSPS) is 13.0. The molecule has 0 radical (unpaired) electrons. The van der Waals surface area contributed by atoms with Crippen molar-refractivity contribution in [1.82, 2.24) is 4.90 Å². The molecular formula is C16H23Cl2NO. The average Bonchev–Trinajstić information content (AvgIpc) is 2.37. The Hall–Kier alpha value is -0.570. The largest absolute Gasteiger partial charge is 0.303 e. The van der Waals surface area contributed by atoms with Crippen molar-refractivity contribution in [3.8, 4) is 0 Å². The van der Waals surface area contributed by atoms with E-state index in [0.717, 1.165) is 13.0 Å². The Balaban J connectivity index is 2.57. The van der Waals surface area contributed by atoms with Crippen molar-refractivity contribution in [3.63, 3.8) is 0 Å². The Morgan fingerprint density at radius 3 is 2.50 bits per heavy atom. The summed E-state index contributed by atoms with van der Waals surface area (Å²) >= 11 is 12.0. The quantitative estimate of drug-likeness (QED) is 0.665. The van der Waals surface area contributed by atoms with Crippen molar-refractivity contribution in [2.45, 2.75) is 39.7 Å². The third kappa shape index (κ3) is 5.08. The standard InChI is InChI=1S/C16H23Cl2NO/c1-11(2)10-12(3)19(4)9-8-15(20)13-6-5-7-14(17)16(13)18/h5-7,11-12H,8-10H2,1-4H3. The Bertz CT molecular complexity index is 460. The summed E-state index contributed by atoms with van der Waals surface area (Å²) in [5.74, 6) is 0.701. The van der Waals surface area contributed by atoms with Crippen LogP contribution in [-0.2, 0) is 0 Å². The summed E-state index contributed by atoms with van der Waals surface area (Å²) in [5, 5.41) is 0.788. The number of benzene rings is 1. The Morgan fingerprint density at radius 2 is 1.90 bits per heavy atom. The first kappa shape index (κ1) is 17.5. The summed E-state index contributed by atoms with van der Waals surface area (Å²) in [6, 6.07) is 5.65. The minimum absolute atomic E-state index is 0.0427. The number of carbonyl (C=O) groups excluding carboxylic acids is 1. The van der Waals surface area contributed by atoms with Gasteiger partial charge in [-0.1, -0.05) is 43.1 Å². The van der Waals surface area contributed by atoms with Crippen LogP contribution in [0.15, 0.2) is 18.2 Å². The van der Waals surface area contributed by atoms with E-state index >= 15 is 0 Å². The third-order valence-corrected chi connectivity index (χ3v) is 4.33. The lowest BCUT2D eigenvalue weighted by Crippen LogP contribution is -2.32. The number of Topliss-reactive ketones (excluding diaryl/α,β-unsaturated/α-hetero) is 1. The van der Waals surface area contributed by atoms with Crippen molar-refractivity contribution in [2.75, 3.05) is 13.6 Å². The molecule has 0 aromatic heterocycles. The molecule has 1 unspecified atom stereocenters. The number of ketones is 1. The van der Waals surface area contributed by atoms with Gasteiger partial charge in [-0.25, -0.2) is 0 Å². The van der Waals surface area contributed by atoms with Gasteiger partial charge in [0, 0.05) is 24.6 Å². The SMILES string of the molecule is CC(C)CC(C)N(C)CCC(=O)c1cccc(Cl)c1Cl. The van der Waals surface area contributed by atoms with Gasteiger partial charge in [0.1, 0.15) is 0 Å². The highest BCUT2D eigenvalue weighted by Crippen LogP contribution is 2.26. The van der Waals surface area contributed by atoms with Gasteiger partial charge in [-0.2, -0.15) is 0 Å². The fourth-order valence-electron chi connectivity index (χ4n) is 2.21. The van der Waals surface area contributed by atoms with Gasteiger partial charge in [-0.3, -0.25) is 4.79 Å². The highest BCUT2D eigenvalue weighted by atomic mass is 35.5. The zero-order valence-corrected chi connectivity index (χ0v) is 14.1. The lowest BCUT2D eigenvalue weighted by molar-refractivity contribution is 0.0959. The van der Waals surface area contributed by atoms with Crippen LogP contribution in [0.2, 0.25) is 10.0 Å². The lowest BCUT2D eigenvalue weighted by atomic mass is 10.0. The molecule has 0 heterocycles. The number of hydrogen-bond acceptors (Lipinski definition) is 2. The molecule has 0 aliphatic heterocycles. The van der Waals surface area contributed by atoms with E-state index in [4.69, 9.17) is 23.2 Å². The van der Waals surface area contributed by atoms with Crippen LogP contribution in [0.25, 0.3) is 0 Å². The van der Waals surface area contributed by atoms with Crippen LogP contribution < -0.4 is 0 Å². The second-order valence-electron chi connectivity index (χ2n) is 5.73. The number of carbonyl (C=O) groups is 1. The van der Waals surface area contributed by atoms with Crippen molar-refractivity contribution in [3.05, 3.63) is 33.8 Å². The van der Waals surface area contributed by atoms with Crippen molar-refractivity contribution in [1.29, 1.82) is 0 Å². The van der Waals surface area contributed by atoms with E-state index in [1.807, 2.05) is 0 Å². The third-order valence-electron chi connectivity index (χ3n) is 3.51. The zero-order valence-electron chi connectivity index (χ0n) is 12.6. The van der Waals surface area contributed by atoms with Gasteiger partial charge in [0.05, 0.1) is 10.0 Å². The van der Waals surface area contributed by atoms with Gasteiger partial charge < -0.3 is 4.90 Å². The number of rotatable bonds is 7. The molecule has 0 fully saturated rings. The smallest absolute Gasteiger partial charge is 0.165 e. The summed E-state index contributed by atoms with van der Waals surface area (Å²) < 4.78 is 0. The van der Waals surface area contributed by atoms with E-state index in [-0.39, 0.29) is 5.78 Å².